The van der Waals surface area contributed by atoms with Crippen LogP contribution < -0.4 is 0 Å². The van der Waals surface area contributed by atoms with Crippen LogP contribution in [0.1, 0.15) is 44.9 Å². The zero-order valence-electron chi connectivity index (χ0n) is 8.04. The highest BCUT2D eigenvalue weighted by Gasteiger charge is 2.36. The standard InChI is InChI=1S/C11H18O2/c12-10-7-3-6-9(10)11(13)8-4-1-2-5-8/h8-9,11,13H,1-7H2/t9-,11+/m1/s1. The van der Waals surface area contributed by atoms with Gasteiger partial charge in [0.15, 0.2) is 0 Å². The van der Waals surface area contributed by atoms with E-state index < -0.39 is 0 Å². The van der Waals surface area contributed by atoms with Gasteiger partial charge in [-0.1, -0.05) is 12.8 Å². The van der Waals surface area contributed by atoms with Gasteiger partial charge in [-0.05, 0) is 31.6 Å². The average Bonchev–Trinajstić information content (AvgIpc) is 2.72. The minimum absolute atomic E-state index is 0.0110. The van der Waals surface area contributed by atoms with Gasteiger partial charge in [-0.15, -0.1) is 0 Å². The number of carbonyl (C=O) groups is 1. The molecule has 0 amide bonds. The molecule has 2 nitrogen and oxygen atoms in total. The van der Waals surface area contributed by atoms with Crippen molar-refractivity contribution in [3.63, 3.8) is 0 Å². The molecule has 2 heteroatoms. The van der Waals surface area contributed by atoms with Crippen LogP contribution >= 0.6 is 0 Å². The average molecular weight is 182 g/mol. The maximum Gasteiger partial charge on any atom is 0.138 e. The van der Waals surface area contributed by atoms with Crippen molar-refractivity contribution in [2.24, 2.45) is 11.8 Å². The predicted molar refractivity (Wildman–Crippen MR) is 50.3 cm³/mol. The van der Waals surface area contributed by atoms with E-state index in [1.807, 2.05) is 0 Å². The molecule has 0 aromatic heterocycles. The summed E-state index contributed by atoms with van der Waals surface area (Å²) in [5, 5.41) is 10.00. The lowest BCUT2D eigenvalue weighted by atomic mass is 9.88. The molecule has 2 atom stereocenters. The molecule has 0 aliphatic heterocycles. The Kier molecular flexibility index (Phi) is 2.68. The number of carbonyl (C=O) groups excluding carboxylic acids is 1. The molecule has 1 N–H and O–H groups in total. The lowest BCUT2D eigenvalue weighted by Crippen LogP contribution is -2.30. The van der Waals surface area contributed by atoms with Gasteiger partial charge in [0.25, 0.3) is 0 Å². The molecule has 2 fully saturated rings. The summed E-state index contributed by atoms with van der Waals surface area (Å²) in [6, 6.07) is 0. The van der Waals surface area contributed by atoms with Crippen molar-refractivity contribution in [1.29, 1.82) is 0 Å². The summed E-state index contributed by atoms with van der Waals surface area (Å²) in [7, 11) is 0. The van der Waals surface area contributed by atoms with Crippen molar-refractivity contribution in [1.82, 2.24) is 0 Å². The highest BCUT2D eigenvalue weighted by atomic mass is 16.3. The molecular weight excluding hydrogens is 164 g/mol. The van der Waals surface area contributed by atoms with Crippen molar-refractivity contribution in [3.05, 3.63) is 0 Å². The Morgan fingerprint density at radius 1 is 1.15 bits per heavy atom. The molecule has 0 aromatic carbocycles. The van der Waals surface area contributed by atoms with Crippen LogP contribution in [0.25, 0.3) is 0 Å². The summed E-state index contributed by atoms with van der Waals surface area (Å²) >= 11 is 0. The largest absolute Gasteiger partial charge is 0.392 e. The Morgan fingerprint density at radius 2 is 1.85 bits per heavy atom. The number of aliphatic hydroxyl groups is 1. The summed E-state index contributed by atoms with van der Waals surface area (Å²) in [5.41, 5.74) is 0. The van der Waals surface area contributed by atoms with Crippen molar-refractivity contribution in [2.45, 2.75) is 51.0 Å². The van der Waals surface area contributed by atoms with Crippen LogP contribution in [0.4, 0.5) is 0 Å². The molecule has 0 aromatic rings. The third-order valence-corrected chi connectivity index (χ3v) is 3.65. The van der Waals surface area contributed by atoms with E-state index in [1.54, 1.807) is 0 Å². The fraction of sp³-hybridized carbons (Fsp3) is 0.909. The Hall–Kier alpha value is -0.370. The van der Waals surface area contributed by atoms with Gasteiger partial charge in [0.2, 0.25) is 0 Å². The second-order valence-electron chi connectivity index (χ2n) is 4.50. The Balaban J connectivity index is 1.94. The molecule has 0 unspecified atom stereocenters. The maximum absolute atomic E-state index is 11.4. The smallest absolute Gasteiger partial charge is 0.138 e. The van der Waals surface area contributed by atoms with Gasteiger partial charge in [0.1, 0.15) is 5.78 Å². The molecule has 0 saturated heterocycles. The number of hydrogen-bond acceptors (Lipinski definition) is 2. The topological polar surface area (TPSA) is 37.3 Å². The normalized spacial score (nSPS) is 32.7. The van der Waals surface area contributed by atoms with Crippen LogP contribution in [0.3, 0.4) is 0 Å². The Bertz CT molecular complexity index is 194. The van der Waals surface area contributed by atoms with Gasteiger partial charge in [-0.25, -0.2) is 0 Å². The predicted octanol–water partition coefficient (Wildman–Crippen LogP) is 1.91. The van der Waals surface area contributed by atoms with Gasteiger partial charge >= 0.3 is 0 Å². The maximum atomic E-state index is 11.4. The van der Waals surface area contributed by atoms with E-state index in [0.29, 0.717) is 18.1 Å². The van der Waals surface area contributed by atoms with E-state index >= 15 is 0 Å². The summed E-state index contributed by atoms with van der Waals surface area (Å²) in [6.07, 6.45) is 7.04. The van der Waals surface area contributed by atoms with E-state index in [9.17, 15) is 9.90 Å². The molecule has 0 radical (unpaired) electrons. The number of Topliss-reactive ketones (excluding diaryl/α,β-unsaturated/α-hetero) is 1. The molecular formula is C11H18O2. The van der Waals surface area contributed by atoms with Gasteiger partial charge < -0.3 is 5.11 Å². The van der Waals surface area contributed by atoms with E-state index in [4.69, 9.17) is 0 Å². The van der Waals surface area contributed by atoms with Crippen molar-refractivity contribution in [3.8, 4) is 0 Å². The molecule has 2 aliphatic carbocycles. The molecule has 74 valence electrons. The first kappa shape index (κ1) is 9.20. The molecule has 2 rings (SSSR count). The molecule has 13 heavy (non-hydrogen) atoms. The number of aliphatic hydroxyl groups excluding tert-OH is 1. The fourth-order valence-electron chi connectivity index (χ4n) is 2.83. The monoisotopic (exact) mass is 182 g/mol. The van der Waals surface area contributed by atoms with Crippen LogP contribution in [0.5, 0.6) is 0 Å². The van der Waals surface area contributed by atoms with Crippen molar-refractivity contribution in [2.75, 3.05) is 0 Å². The molecule has 0 heterocycles. The molecule has 0 bridgehead atoms. The third-order valence-electron chi connectivity index (χ3n) is 3.65. The molecule has 0 spiro atoms. The minimum atomic E-state index is -0.322. The highest BCUT2D eigenvalue weighted by molar-refractivity contribution is 5.83. The molecule has 2 aliphatic rings. The van der Waals surface area contributed by atoms with Crippen LogP contribution in [0.2, 0.25) is 0 Å². The van der Waals surface area contributed by atoms with E-state index in [2.05, 4.69) is 0 Å². The van der Waals surface area contributed by atoms with Gasteiger partial charge in [0, 0.05) is 12.3 Å². The quantitative estimate of drug-likeness (QED) is 0.708. The third kappa shape index (κ3) is 1.78. The summed E-state index contributed by atoms with van der Waals surface area (Å²) in [4.78, 5) is 11.4. The number of ketones is 1. The van der Waals surface area contributed by atoms with Crippen LogP contribution in [-0.4, -0.2) is 17.0 Å². The van der Waals surface area contributed by atoms with Crippen molar-refractivity contribution >= 4 is 5.78 Å². The first-order valence-electron chi connectivity index (χ1n) is 5.50. The SMILES string of the molecule is O=C1CCC[C@H]1[C@@H](O)C1CCCC1. The Morgan fingerprint density at radius 3 is 2.38 bits per heavy atom. The summed E-state index contributed by atoms with van der Waals surface area (Å²) < 4.78 is 0. The summed E-state index contributed by atoms with van der Waals surface area (Å²) in [6.45, 7) is 0. The Labute approximate surface area is 79.3 Å². The lowest BCUT2D eigenvalue weighted by molar-refractivity contribution is -0.124. The number of rotatable bonds is 2. The fourth-order valence-corrected chi connectivity index (χ4v) is 2.83. The zero-order chi connectivity index (χ0) is 9.26. The lowest BCUT2D eigenvalue weighted by Gasteiger charge is -2.22. The van der Waals surface area contributed by atoms with Crippen LogP contribution in [0, 0.1) is 11.8 Å². The van der Waals surface area contributed by atoms with Crippen LogP contribution in [-0.2, 0) is 4.79 Å². The van der Waals surface area contributed by atoms with E-state index in [1.165, 1.54) is 12.8 Å². The highest BCUT2D eigenvalue weighted by Crippen LogP contribution is 2.35. The number of hydrogen-bond donors (Lipinski definition) is 1. The second kappa shape index (κ2) is 3.79. The van der Waals surface area contributed by atoms with Gasteiger partial charge in [-0.3, -0.25) is 4.79 Å². The minimum Gasteiger partial charge on any atom is -0.392 e. The van der Waals surface area contributed by atoms with Crippen molar-refractivity contribution < 1.29 is 9.90 Å². The summed E-state index contributed by atoms with van der Waals surface area (Å²) in [5.74, 6) is 0.717. The second-order valence-corrected chi connectivity index (χ2v) is 4.50. The van der Waals surface area contributed by atoms with Crippen LogP contribution in [0.15, 0.2) is 0 Å². The van der Waals surface area contributed by atoms with Gasteiger partial charge in [0.05, 0.1) is 6.10 Å². The first-order valence-corrected chi connectivity index (χ1v) is 5.50. The first-order chi connectivity index (χ1) is 6.29. The molecule has 2 saturated carbocycles. The van der Waals surface area contributed by atoms with E-state index in [0.717, 1.165) is 25.7 Å². The van der Waals surface area contributed by atoms with Gasteiger partial charge in [-0.2, -0.15) is 0 Å². The zero-order valence-corrected chi connectivity index (χ0v) is 8.04. The van der Waals surface area contributed by atoms with E-state index in [-0.39, 0.29) is 12.0 Å².